The first-order chi connectivity index (χ1) is 13.3. The van der Waals surface area contributed by atoms with Gasteiger partial charge in [-0.3, -0.25) is 0 Å². The van der Waals surface area contributed by atoms with E-state index in [1.807, 2.05) is 0 Å². The van der Waals surface area contributed by atoms with Crippen molar-refractivity contribution in [1.29, 1.82) is 0 Å². The number of halogens is 4. The standard InChI is InChI=1S/C17H18F4N6O2/c1-8-6-12(27-15(23-8)25-14(22)26-27)24-13(16(2,3)28)10-5-4-9(7-11(10)18)29-17(19,20)21/h4-7,13,24,28H,1-3H3,(H2,22,26)/t13-/m1/s1. The maximum absolute atomic E-state index is 14.6. The monoisotopic (exact) mass is 414 g/mol. The molecule has 1 atom stereocenters. The Morgan fingerprint density at radius 1 is 1.21 bits per heavy atom. The SMILES string of the molecule is Cc1cc(N[C@H](c2ccc(OC(F)(F)F)cc2F)C(C)(C)O)n2nc(N)nc2n1. The van der Waals surface area contributed by atoms with Gasteiger partial charge >= 0.3 is 6.36 Å². The van der Waals surface area contributed by atoms with Crippen molar-refractivity contribution in [2.45, 2.75) is 38.8 Å². The summed E-state index contributed by atoms with van der Waals surface area (Å²) in [5.41, 5.74) is 4.55. The molecule has 3 rings (SSSR count). The summed E-state index contributed by atoms with van der Waals surface area (Å²) >= 11 is 0. The van der Waals surface area contributed by atoms with Gasteiger partial charge in [-0.2, -0.15) is 9.50 Å². The highest BCUT2D eigenvalue weighted by Gasteiger charge is 2.34. The van der Waals surface area contributed by atoms with Gasteiger partial charge in [-0.05, 0) is 26.8 Å². The van der Waals surface area contributed by atoms with Crippen molar-refractivity contribution < 1.29 is 27.4 Å². The van der Waals surface area contributed by atoms with E-state index >= 15 is 0 Å². The number of rotatable bonds is 5. The predicted octanol–water partition coefficient (Wildman–Crippen LogP) is 2.98. The number of hydrogen-bond acceptors (Lipinski definition) is 7. The number of nitrogens with zero attached hydrogens (tertiary/aromatic N) is 4. The van der Waals surface area contributed by atoms with Gasteiger partial charge in [0.15, 0.2) is 0 Å². The van der Waals surface area contributed by atoms with Crippen LogP contribution >= 0.6 is 0 Å². The number of nitrogens with two attached hydrogens (primary N) is 1. The van der Waals surface area contributed by atoms with Crippen molar-refractivity contribution in [2.24, 2.45) is 0 Å². The van der Waals surface area contributed by atoms with Crippen molar-refractivity contribution in [1.82, 2.24) is 19.6 Å². The molecule has 0 amide bonds. The van der Waals surface area contributed by atoms with Gasteiger partial charge in [0.25, 0.3) is 5.78 Å². The number of hydrogen-bond donors (Lipinski definition) is 3. The van der Waals surface area contributed by atoms with E-state index in [0.717, 1.165) is 12.1 Å². The van der Waals surface area contributed by atoms with Gasteiger partial charge < -0.3 is 20.9 Å². The minimum atomic E-state index is -4.95. The second-order valence-corrected chi connectivity index (χ2v) is 6.93. The fourth-order valence-corrected chi connectivity index (χ4v) is 2.83. The quantitative estimate of drug-likeness (QED) is 0.551. The average molecular weight is 414 g/mol. The molecule has 3 aromatic rings. The van der Waals surface area contributed by atoms with Gasteiger partial charge in [0.1, 0.15) is 17.4 Å². The Kier molecular flexibility index (Phi) is 4.99. The highest BCUT2D eigenvalue weighted by atomic mass is 19.4. The molecular formula is C17H18F4N6O2. The van der Waals surface area contributed by atoms with Crippen LogP contribution in [-0.4, -0.2) is 36.7 Å². The third-order valence-corrected chi connectivity index (χ3v) is 3.97. The first-order valence-electron chi connectivity index (χ1n) is 8.37. The van der Waals surface area contributed by atoms with Gasteiger partial charge in [-0.25, -0.2) is 9.37 Å². The number of nitrogens with one attached hydrogen (secondary N) is 1. The zero-order valence-corrected chi connectivity index (χ0v) is 15.6. The largest absolute Gasteiger partial charge is 0.573 e. The molecule has 0 aliphatic carbocycles. The van der Waals surface area contributed by atoms with Crippen LogP contribution in [0.15, 0.2) is 24.3 Å². The molecule has 0 spiro atoms. The van der Waals surface area contributed by atoms with E-state index in [2.05, 4.69) is 25.1 Å². The average Bonchev–Trinajstić information content (AvgIpc) is 2.90. The summed E-state index contributed by atoms with van der Waals surface area (Å²) in [5, 5.41) is 17.5. The van der Waals surface area contributed by atoms with E-state index in [-0.39, 0.29) is 17.3 Å². The number of fused-ring (bicyclic) bond motifs is 1. The lowest BCUT2D eigenvalue weighted by Crippen LogP contribution is -2.35. The fourth-order valence-electron chi connectivity index (χ4n) is 2.83. The first-order valence-corrected chi connectivity index (χ1v) is 8.37. The Balaban J connectivity index is 2.03. The fraction of sp³-hybridized carbons (Fsp3) is 0.353. The predicted molar refractivity (Wildman–Crippen MR) is 95.7 cm³/mol. The number of aryl methyl sites for hydroxylation is 1. The van der Waals surface area contributed by atoms with Gasteiger partial charge in [-0.15, -0.1) is 18.3 Å². The zero-order valence-electron chi connectivity index (χ0n) is 15.6. The topological polar surface area (TPSA) is 111 Å². The Hall–Kier alpha value is -3.15. The number of aromatic nitrogens is 4. The third kappa shape index (κ3) is 4.65. The van der Waals surface area contributed by atoms with Crippen LogP contribution in [0.2, 0.25) is 0 Å². The van der Waals surface area contributed by atoms with Gasteiger partial charge in [-0.1, -0.05) is 6.07 Å². The maximum atomic E-state index is 14.6. The van der Waals surface area contributed by atoms with Crippen molar-refractivity contribution in [2.75, 3.05) is 11.1 Å². The number of ether oxygens (including phenoxy) is 1. The first kappa shape index (κ1) is 20.6. The molecule has 29 heavy (non-hydrogen) atoms. The zero-order chi connectivity index (χ0) is 21.6. The molecule has 0 aliphatic rings. The molecule has 1 aromatic carbocycles. The molecule has 2 aromatic heterocycles. The summed E-state index contributed by atoms with van der Waals surface area (Å²) in [6, 6.07) is 3.18. The molecule has 0 saturated heterocycles. The van der Waals surface area contributed by atoms with Gasteiger partial charge in [0.2, 0.25) is 5.95 Å². The van der Waals surface area contributed by atoms with Crippen LogP contribution in [-0.2, 0) is 0 Å². The van der Waals surface area contributed by atoms with Crippen molar-refractivity contribution in [3.05, 3.63) is 41.3 Å². The molecule has 8 nitrogen and oxygen atoms in total. The number of aliphatic hydroxyl groups is 1. The van der Waals surface area contributed by atoms with E-state index < -0.39 is 29.6 Å². The summed E-state index contributed by atoms with van der Waals surface area (Å²) in [5.74, 6) is -1.25. The Morgan fingerprint density at radius 2 is 1.90 bits per heavy atom. The number of nitrogen functional groups attached to an aromatic ring is 1. The molecule has 0 aliphatic heterocycles. The number of benzene rings is 1. The van der Waals surface area contributed by atoms with Crippen LogP contribution in [0.4, 0.5) is 29.3 Å². The minimum absolute atomic E-state index is 0.0363. The smallest absolute Gasteiger partial charge is 0.406 e. The van der Waals surface area contributed by atoms with Crippen LogP contribution in [0.25, 0.3) is 5.78 Å². The third-order valence-electron chi connectivity index (χ3n) is 3.97. The summed E-state index contributed by atoms with van der Waals surface area (Å²) < 4.78 is 56.8. The highest BCUT2D eigenvalue weighted by Crippen LogP contribution is 2.34. The summed E-state index contributed by atoms with van der Waals surface area (Å²) in [4.78, 5) is 8.13. The van der Waals surface area contributed by atoms with Gasteiger partial charge in [0.05, 0.1) is 11.6 Å². The van der Waals surface area contributed by atoms with Crippen molar-refractivity contribution >= 4 is 17.5 Å². The lowest BCUT2D eigenvalue weighted by Gasteiger charge is -2.31. The molecule has 4 N–H and O–H groups in total. The molecular weight excluding hydrogens is 396 g/mol. The van der Waals surface area contributed by atoms with Crippen molar-refractivity contribution in [3.8, 4) is 5.75 Å². The lowest BCUT2D eigenvalue weighted by atomic mass is 9.91. The van der Waals surface area contributed by atoms with Crippen LogP contribution in [0, 0.1) is 12.7 Å². The molecule has 156 valence electrons. The molecule has 12 heteroatoms. The van der Waals surface area contributed by atoms with E-state index in [4.69, 9.17) is 5.73 Å². The summed E-state index contributed by atoms with van der Waals surface area (Å²) in [7, 11) is 0. The molecule has 2 heterocycles. The number of anilines is 2. The summed E-state index contributed by atoms with van der Waals surface area (Å²) in [6.45, 7) is 4.54. The molecule has 0 bridgehead atoms. The summed E-state index contributed by atoms with van der Waals surface area (Å²) in [6.07, 6.45) is -4.95. The Morgan fingerprint density at radius 3 is 2.48 bits per heavy atom. The normalized spacial score (nSPS) is 13.5. The molecule has 0 unspecified atom stereocenters. The van der Waals surface area contributed by atoms with E-state index in [1.54, 1.807) is 13.0 Å². The van der Waals surface area contributed by atoms with E-state index in [0.29, 0.717) is 17.6 Å². The van der Waals surface area contributed by atoms with Crippen molar-refractivity contribution in [3.63, 3.8) is 0 Å². The number of alkyl halides is 3. The lowest BCUT2D eigenvalue weighted by molar-refractivity contribution is -0.274. The second-order valence-electron chi connectivity index (χ2n) is 6.93. The highest BCUT2D eigenvalue weighted by molar-refractivity contribution is 5.50. The second kappa shape index (κ2) is 7.03. The van der Waals surface area contributed by atoms with E-state index in [1.165, 1.54) is 18.4 Å². The maximum Gasteiger partial charge on any atom is 0.573 e. The molecule has 0 fully saturated rings. The van der Waals surface area contributed by atoms with E-state index in [9.17, 15) is 22.7 Å². The van der Waals surface area contributed by atoms with Crippen LogP contribution in [0.1, 0.15) is 31.1 Å². The van der Waals surface area contributed by atoms with Crippen LogP contribution in [0.3, 0.4) is 0 Å². The Bertz CT molecular complexity index is 1040. The Labute approximate surface area is 162 Å². The molecule has 0 saturated carbocycles. The van der Waals surface area contributed by atoms with Gasteiger partial charge in [0, 0.05) is 23.4 Å². The van der Waals surface area contributed by atoms with Crippen LogP contribution < -0.4 is 15.8 Å². The van der Waals surface area contributed by atoms with Crippen LogP contribution in [0.5, 0.6) is 5.75 Å². The molecule has 0 radical (unpaired) electrons. The minimum Gasteiger partial charge on any atom is -0.406 e.